The molecular formula is C13H17BrO2S. The Morgan fingerprint density at radius 1 is 1.41 bits per heavy atom. The highest BCUT2D eigenvalue weighted by Gasteiger charge is 2.13. The molecule has 0 heterocycles. The van der Waals surface area contributed by atoms with E-state index in [1.54, 1.807) is 6.07 Å². The van der Waals surface area contributed by atoms with Crippen LogP contribution in [-0.4, -0.2) is 17.8 Å². The summed E-state index contributed by atoms with van der Waals surface area (Å²) in [7, 11) is 1.39. The van der Waals surface area contributed by atoms with Crippen LogP contribution < -0.4 is 0 Å². The van der Waals surface area contributed by atoms with Crippen molar-refractivity contribution in [3.63, 3.8) is 0 Å². The second-order valence-corrected chi connectivity index (χ2v) is 7.36. The summed E-state index contributed by atoms with van der Waals surface area (Å²) >= 11 is 5.37. The lowest BCUT2D eigenvalue weighted by Gasteiger charge is -2.18. The molecule has 0 saturated heterocycles. The number of benzene rings is 1. The van der Waals surface area contributed by atoms with Crippen LogP contribution in [0.1, 0.15) is 36.7 Å². The lowest BCUT2D eigenvalue weighted by Crippen LogP contribution is -2.08. The van der Waals surface area contributed by atoms with Crippen LogP contribution in [0.4, 0.5) is 0 Å². The number of hydrogen-bond acceptors (Lipinski definition) is 3. The van der Waals surface area contributed by atoms with Crippen LogP contribution in [0.2, 0.25) is 0 Å². The second-order valence-electron chi connectivity index (χ2n) is 4.70. The zero-order valence-electron chi connectivity index (χ0n) is 10.5. The first-order valence-electron chi connectivity index (χ1n) is 5.34. The van der Waals surface area contributed by atoms with E-state index >= 15 is 0 Å². The zero-order chi connectivity index (χ0) is 13.1. The average molecular weight is 317 g/mol. The Kier molecular flexibility index (Phi) is 5.07. The van der Waals surface area contributed by atoms with E-state index in [1.165, 1.54) is 12.7 Å². The molecule has 0 atom stereocenters. The molecule has 0 spiro atoms. The smallest absolute Gasteiger partial charge is 0.337 e. The molecule has 0 fully saturated rings. The molecule has 4 heteroatoms. The van der Waals surface area contributed by atoms with Crippen LogP contribution in [0, 0.1) is 0 Å². The largest absolute Gasteiger partial charge is 0.465 e. The molecule has 0 amide bonds. The average Bonchev–Trinajstić information content (AvgIpc) is 2.25. The van der Waals surface area contributed by atoms with E-state index in [0.717, 1.165) is 10.2 Å². The monoisotopic (exact) mass is 316 g/mol. The summed E-state index contributed by atoms with van der Waals surface area (Å²) in [5, 5.41) is 0. The first-order valence-corrected chi connectivity index (χ1v) is 7.12. The molecule has 94 valence electrons. The molecule has 0 saturated carbocycles. The number of hydrogen-bond donors (Lipinski definition) is 0. The van der Waals surface area contributed by atoms with Gasteiger partial charge in [0.15, 0.2) is 0 Å². The number of rotatable bonds is 3. The van der Waals surface area contributed by atoms with Gasteiger partial charge >= 0.3 is 5.97 Å². The van der Waals surface area contributed by atoms with Crippen molar-refractivity contribution in [3.8, 4) is 0 Å². The highest BCUT2D eigenvalue weighted by atomic mass is 79.9. The van der Waals surface area contributed by atoms with Gasteiger partial charge in [-0.05, 0) is 17.7 Å². The lowest BCUT2D eigenvalue weighted by atomic mass is 10.1. The molecule has 1 aromatic rings. The maximum absolute atomic E-state index is 11.3. The van der Waals surface area contributed by atoms with Gasteiger partial charge in [-0.15, -0.1) is 0 Å². The third-order valence-corrected chi connectivity index (χ3v) is 4.19. The van der Waals surface area contributed by atoms with Crippen LogP contribution in [0.15, 0.2) is 22.7 Å². The van der Waals surface area contributed by atoms with Gasteiger partial charge in [-0.2, -0.15) is 11.8 Å². The Balaban J connectivity index is 2.80. The SMILES string of the molecule is COC(=O)c1ccc(CSC(C)(C)C)c(Br)c1. The van der Waals surface area contributed by atoms with Gasteiger partial charge in [0.1, 0.15) is 0 Å². The highest BCUT2D eigenvalue weighted by molar-refractivity contribution is 9.10. The highest BCUT2D eigenvalue weighted by Crippen LogP contribution is 2.30. The third-order valence-electron chi connectivity index (χ3n) is 2.13. The number of halogens is 1. The number of methoxy groups -OCH3 is 1. The van der Waals surface area contributed by atoms with Gasteiger partial charge in [0.25, 0.3) is 0 Å². The van der Waals surface area contributed by atoms with Gasteiger partial charge in [-0.1, -0.05) is 42.8 Å². The molecule has 0 unspecified atom stereocenters. The molecule has 1 aromatic carbocycles. The fraction of sp³-hybridized carbons (Fsp3) is 0.462. The summed E-state index contributed by atoms with van der Waals surface area (Å²) in [5.74, 6) is 0.617. The van der Waals surface area contributed by atoms with Crippen molar-refractivity contribution in [2.24, 2.45) is 0 Å². The molecule has 0 aliphatic rings. The molecule has 0 aromatic heterocycles. The van der Waals surface area contributed by atoms with E-state index in [9.17, 15) is 4.79 Å². The standard InChI is InChI=1S/C13H17BrO2S/c1-13(2,3)17-8-10-6-5-9(7-11(10)14)12(15)16-4/h5-7H,8H2,1-4H3. The quantitative estimate of drug-likeness (QED) is 0.779. The van der Waals surface area contributed by atoms with Crippen molar-refractivity contribution in [1.29, 1.82) is 0 Å². The minimum absolute atomic E-state index is 0.237. The third kappa shape index (κ3) is 4.72. The van der Waals surface area contributed by atoms with Crippen molar-refractivity contribution in [2.45, 2.75) is 31.3 Å². The van der Waals surface area contributed by atoms with Gasteiger partial charge < -0.3 is 4.74 Å². The lowest BCUT2D eigenvalue weighted by molar-refractivity contribution is 0.0600. The minimum atomic E-state index is -0.305. The van der Waals surface area contributed by atoms with E-state index in [2.05, 4.69) is 41.4 Å². The topological polar surface area (TPSA) is 26.3 Å². The number of carbonyl (C=O) groups is 1. The second kappa shape index (κ2) is 5.91. The summed E-state index contributed by atoms with van der Waals surface area (Å²) in [6.45, 7) is 6.57. The Morgan fingerprint density at radius 3 is 2.53 bits per heavy atom. The maximum atomic E-state index is 11.3. The summed E-state index contributed by atoms with van der Waals surface area (Å²) < 4.78 is 5.87. The first kappa shape index (κ1) is 14.6. The Morgan fingerprint density at radius 2 is 2.06 bits per heavy atom. The maximum Gasteiger partial charge on any atom is 0.337 e. The molecule has 0 radical (unpaired) electrons. The number of ether oxygens (including phenoxy) is 1. The van der Waals surface area contributed by atoms with Gasteiger partial charge in [0, 0.05) is 15.0 Å². The van der Waals surface area contributed by atoms with Crippen molar-refractivity contribution >= 4 is 33.7 Å². The van der Waals surface area contributed by atoms with Gasteiger partial charge in [-0.25, -0.2) is 4.79 Å². The molecular weight excluding hydrogens is 300 g/mol. The summed E-state index contributed by atoms with van der Waals surface area (Å²) in [6.07, 6.45) is 0. The fourth-order valence-corrected chi connectivity index (χ4v) is 2.75. The van der Waals surface area contributed by atoms with Crippen LogP contribution in [0.3, 0.4) is 0 Å². The Bertz CT molecular complexity index is 410. The molecule has 0 N–H and O–H groups in total. The van der Waals surface area contributed by atoms with E-state index in [1.807, 2.05) is 23.9 Å². The molecule has 0 aliphatic carbocycles. The van der Waals surface area contributed by atoms with Crippen molar-refractivity contribution < 1.29 is 9.53 Å². The molecule has 0 aliphatic heterocycles. The van der Waals surface area contributed by atoms with Crippen molar-refractivity contribution in [3.05, 3.63) is 33.8 Å². The predicted octanol–water partition coefficient (Wildman–Crippen LogP) is 4.27. The molecule has 0 bridgehead atoms. The summed E-state index contributed by atoms with van der Waals surface area (Å²) in [6, 6.07) is 5.58. The molecule has 2 nitrogen and oxygen atoms in total. The van der Waals surface area contributed by atoms with Crippen LogP contribution >= 0.6 is 27.7 Å². The number of carbonyl (C=O) groups excluding carboxylic acids is 1. The first-order chi connectivity index (χ1) is 7.83. The normalized spacial score (nSPS) is 11.4. The Hall–Kier alpha value is -0.480. The van der Waals surface area contributed by atoms with Crippen molar-refractivity contribution in [1.82, 2.24) is 0 Å². The molecule has 1 rings (SSSR count). The summed E-state index contributed by atoms with van der Waals surface area (Å²) in [5.41, 5.74) is 1.77. The predicted molar refractivity (Wildman–Crippen MR) is 76.5 cm³/mol. The van der Waals surface area contributed by atoms with E-state index in [0.29, 0.717) is 5.56 Å². The van der Waals surface area contributed by atoms with Crippen LogP contribution in [0.25, 0.3) is 0 Å². The van der Waals surface area contributed by atoms with E-state index < -0.39 is 0 Å². The molecule has 17 heavy (non-hydrogen) atoms. The van der Waals surface area contributed by atoms with E-state index in [-0.39, 0.29) is 10.7 Å². The summed E-state index contributed by atoms with van der Waals surface area (Å²) in [4.78, 5) is 11.3. The van der Waals surface area contributed by atoms with Crippen molar-refractivity contribution in [2.75, 3.05) is 7.11 Å². The van der Waals surface area contributed by atoms with Gasteiger partial charge in [0.2, 0.25) is 0 Å². The fourth-order valence-electron chi connectivity index (χ4n) is 1.20. The van der Waals surface area contributed by atoms with Gasteiger partial charge in [-0.3, -0.25) is 0 Å². The van der Waals surface area contributed by atoms with Crippen LogP contribution in [0.5, 0.6) is 0 Å². The zero-order valence-corrected chi connectivity index (χ0v) is 12.9. The number of esters is 1. The number of thioether (sulfide) groups is 1. The van der Waals surface area contributed by atoms with Gasteiger partial charge in [0.05, 0.1) is 12.7 Å². The Labute approximate surface area is 115 Å². The minimum Gasteiger partial charge on any atom is -0.465 e. The van der Waals surface area contributed by atoms with Crippen LogP contribution in [-0.2, 0) is 10.5 Å². The van der Waals surface area contributed by atoms with E-state index in [4.69, 9.17) is 0 Å².